The Morgan fingerprint density at radius 3 is 2.62 bits per heavy atom. The fourth-order valence-corrected chi connectivity index (χ4v) is 6.40. The maximum atomic E-state index is 12.0. The molecule has 2 saturated carbocycles. The molecule has 1 unspecified atom stereocenters. The summed E-state index contributed by atoms with van der Waals surface area (Å²) in [7, 11) is 1.71. The zero-order valence-electron chi connectivity index (χ0n) is 17.7. The molecule has 0 aromatic heterocycles. The van der Waals surface area contributed by atoms with Crippen molar-refractivity contribution in [2.45, 2.75) is 70.9 Å². The summed E-state index contributed by atoms with van der Waals surface area (Å²) >= 11 is 0. The van der Waals surface area contributed by atoms with Gasteiger partial charge in [0.15, 0.2) is 0 Å². The molecule has 3 aliphatic rings. The number of ether oxygens (including phenoxy) is 2. The van der Waals surface area contributed by atoms with E-state index in [-0.39, 0.29) is 17.3 Å². The van der Waals surface area contributed by atoms with Crippen molar-refractivity contribution in [1.82, 2.24) is 0 Å². The minimum Gasteiger partial charge on any atom is -0.497 e. The van der Waals surface area contributed by atoms with Crippen LogP contribution in [0, 0.1) is 17.3 Å². The molecule has 0 radical (unpaired) electrons. The number of amides is 1. The number of esters is 1. The van der Waals surface area contributed by atoms with Gasteiger partial charge in [-0.1, -0.05) is 13.0 Å². The molecule has 0 bridgehead atoms. The van der Waals surface area contributed by atoms with Crippen LogP contribution in [0.5, 0.6) is 5.75 Å². The zero-order valence-corrected chi connectivity index (χ0v) is 17.7. The monoisotopic (exact) mass is 398 g/mol. The van der Waals surface area contributed by atoms with Gasteiger partial charge in [-0.2, -0.15) is 0 Å². The first-order chi connectivity index (χ1) is 13.8. The summed E-state index contributed by atoms with van der Waals surface area (Å²) in [4.78, 5) is 23.5. The first-order valence-corrected chi connectivity index (χ1v) is 10.6. The van der Waals surface area contributed by atoms with Gasteiger partial charge in [0.25, 0.3) is 5.91 Å². The molecule has 1 amide bonds. The normalized spacial score (nSPS) is 35.5. The van der Waals surface area contributed by atoms with Crippen LogP contribution in [-0.4, -0.2) is 24.7 Å². The van der Waals surface area contributed by atoms with Gasteiger partial charge in [-0.05, 0) is 73.1 Å². The fourth-order valence-electron chi connectivity index (χ4n) is 6.40. The second kappa shape index (κ2) is 7.22. The lowest BCUT2D eigenvalue weighted by Gasteiger charge is -2.52. The lowest BCUT2D eigenvalue weighted by atomic mass is 9.54. The van der Waals surface area contributed by atoms with E-state index in [1.807, 2.05) is 0 Å². The Labute approximate surface area is 172 Å². The molecule has 0 N–H and O–H groups in total. The molecule has 6 nitrogen and oxygen atoms in total. The van der Waals surface area contributed by atoms with Crippen molar-refractivity contribution in [3.8, 4) is 5.75 Å². The Morgan fingerprint density at radius 1 is 1.14 bits per heavy atom. The number of hydrogen-bond donors (Lipinski definition) is 0. The summed E-state index contributed by atoms with van der Waals surface area (Å²) < 4.78 is 11.2. The van der Waals surface area contributed by atoms with E-state index in [1.54, 1.807) is 7.11 Å². The van der Waals surface area contributed by atoms with E-state index in [4.69, 9.17) is 9.47 Å². The first-order valence-electron chi connectivity index (χ1n) is 10.6. The third kappa shape index (κ3) is 3.17. The van der Waals surface area contributed by atoms with Gasteiger partial charge < -0.3 is 9.47 Å². The van der Waals surface area contributed by atoms with Gasteiger partial charge in [-0.15, -0.1) is 10.2 Å². The van der Waals surface area contributed by atoms with Gasteiger partial charge in [0.2, 0.25) is 5.72 Å². The Morgan fingerprint density at radius 2 is 1.93 bits per heavy atom. The number of nitrogens with zero attached hydrogens (tertiary/aromatic N) is 2. The number of azo groups is 1. The van der Waals surface area contributed by atoms with Gasteiger partial charge in [0.1, 0.15) is 5.75 Å². The standard InChI is InChI=1S/C23H30N2O4/c1-14(26)24-25-23(29-15(2)27)12-10-21-20-7-5-16-13-17(28-4)6-8-18(16)19(20)9-11-22(21,23)3/h6,8,13,19-21H,5,7,9-12H2,1-4H3/t19-,20-,21+,22+,23?/m1/s1. The van der Waals surface area contributed by atoms with Crippen molar-refractivity contribution in [2.75, 3.05) is 7.11 Å². The van der Waals surface area contributed by atoms with E-state index in [2.05, 4.69) is 35.4 Å². The summed E-state index contributed by atoms with van der Waals surface area (Å²) in [6, 6.07) is 6.48. The van der Waals surface area contributed by atoms with Crippen molar-refractivity contribution in [3.05, 3.63) is 29.3 Å². The molecule has 1 aromatic carbocycles. The molecule has 0 saturated heterocycles. The number of carbonyl (C=O) groups excluding carboxylic acids is 2. The highest BCUT2D eigenvalue weighted by Gasteiger charge is 2.65. The topological polar surface area (TPSA) is 77.3 Å². The van der Waals surface area contributed by atoms with Gasteiger partial charge in [0.05, 0.1) is 7.11 Å². The minimum absolute atomic E-state index is 0.303. The van der Waals surface area contributed by atoms with Gasteiger partial charge in [-0.25, -0.2) is 0 Å². The van der Waals surface area contributed by atoms with Crippen molar-refractivity contribution in [3.63, 3.8) is 0 Å². The summed E-state index contributed by atoms with van der Waals surface area (Å²) in [5, 5.41) is 8.19. The van der Waals surface area contributed by atoms with Gasteiger partial charge in [-0.3, -0.25) is 9.59 Å². The van der Waals surface area contributed by atoms with Crippen LogP contribution in [0.15, 0.2) is 28.4 Å². The molecule has 3 aliphatic carbocycles. The lowest BCUT2D eigenvalue weighted by molar-refractivity contribution is -0.177. The van der Waals surface area contributed by atoms with Gasteiger partial charge in [0, 0.05) is 25.7 Å². The molecule has 0 heterocycles. The average molecular weight is 399 g/mol. The Bertz CT molecular complexity index is 866. The molecule has 4 rings (SSSR count). The SMILES string of the molecule is COc1ccc2c(c1)CC[C@@H]1[C@@H]2CC[C@@]2(C)[C@H]1CCC2(N=NC(C)=O)OC(C)=O. The van der Waals surface area contributed by atoms with E-state index < -0.39 is 5.72 Å². The number of hydrogen-bond acceptors (Lipinski definition) is 5. The predicted octanol–water partition coefficient (Wildman–Crippen LogP) is 4.81. The van der Waals surface area contributed by atoms with Crippen LogP contribution in [0.4, 0.5) is 0 Å². The third-order valence-corrected chi connectivity index (χ3v) is 7.67. The maximum Gasteiger partial charge on any atom is 0.304 e. The maximum absolute atomic E-state index is 12.0. The van der Waals surface area contributed by atoms with E-state index in [0.717, 1.165) is 37.9 Å². The summed E-state index contributed by atoms with van der Waals surface area (Å²) in [6.07, 6.45) is 5.64. The number of benzene rings is 1. The van der Waals surface area contributed by atoms with Crippen LogP contribution in [0.2, 0.25) is 0 Å². The minimum atomic E-state index is -1.03. The molecule has 1 aromatic rings. The number of rotatable bonds is 3. The third-order valence-electron chi connectivity index (χ3n) is 7.67. The lowest BCUT2D eigenvalue weighted by Crippen LogP contribution is -2.51. The van der Waals surface area contributed by atoms with E-state index >= 15 is 0 Å². The largest absolute Gasteiger partial charge is 0.497 e. The Kier molecular flexibility index (Phi) is 4.99. The smallest absolute Gasteiger partial charge is 0.304 e. The molecular weight excluding hydrogens is 368 g/mol. The zero-order chi connectivity index (χ0) is 20.8. The summed E-state index contributed by atoms with van der Waals surface area (Å²) in [6.45, 7) is 4.98. The molecule has 2 fully saturated rings. The van der Waals surface area contributed by atoms with Gasteiger partial charge >= 0.3 is 5.97 Å². The quantitative estimate of drug-likeness (QED) is 0.541. The van der Waals surface area contributed by atoms with Crippen molar-refractivity contribution < 1.29 is 19.1 Å². The van der Waals surface area contributed by atoms with E-state index in [9.17, 15) is 9.59 Å². The van der Waals surface area contributed by atoms with Crippen LogP contribution in [0.3, 0.4) is 0 Å². The van der Waals surface area contributed by atoms with Crippen LogP contribution in [-0.2, 0) is 20.7 Å². The molecule has 29 heavy (non-hydrogen) atoms. The van der Waals surface area contributed by atoms with Crippen LogP contribution in [0.25, 0.3) is 0 Å². The molecule has 0 aliphatic heterocycles. The average Bonchev–Trinajstić information content (AvgIpc) is 2.97. The number of aryl methyl sites for hydroxylation is 1. The molecule has 6 heteroatoms. The Hall–Kier alpha value is -2.24. The number of methoxy groups -OCH3 is 1. The molecular formula is C23H30N2O4. The molecule has 5 atom stereocenters. The highest BCUT2D eigenvalue weighted by molar-refractivity contribution is 5.73. The van der Waals surface area contributed by atoms with Crippen LogP contribution in [0.1, 0.15) is 69.9 Å². The first kappa shape index (κ1) is 20.0. The highest BCUT2D eigenvalue weighted by Crippen LogP contribution is 2.65. The predicted molar refractivity (Wildman–Crippen MR) is 108 cm³/mol. The van der Waals surface area contributed by atoms with E-state index in [1.165, 1.54) is 25.0 Å². The van der Waals surface area contributed by atoms with Crippen LogP contribution >= 0.6 is 0 Å². The van der Waals surface area contributed by atoms with Crippen LogP contribution < -0.4 is 4.74 Å². The molecule has 156 valence electrons. The van der Waals surface area contributed by atoms with E-state index in [0.29, 0.717) is 24.2 Å². The fraction of sp³-hybridized carbons (Fsp3) is 0.652. The second-order valence-corrected chi connectivity index (χ2v) is 9.07. The summed E-state index contributed by atoms with van der Waals surface area (Å²) in [5.74, 6) is 1.62. The number of fused-ring (bicyclic) bond motifs is 5. The van der Waals surface area contributed by atoms with Crippen molar-refractivity contribution >= 4 is 11.9 Å². The highest BCUT2D eigenvalue weighted by atomic mass is 16.6. The number of carbonyl (C=O) groups is 2. The van der Waals surface area contributed by atoms with Crippen molar-refractivity contribution in [1.29, 1.82) is 0 Å². The summed E-state index contributed by atoms with van der Waals surface area (Å²) in [5.41, 5.74) is 1.51. The second-order valence-electron chi connectivity index (χ2n) is 9.07. The molecule has 0 spiro atoms. The van der Waals surface area contributed by atoms with Crippen molar-refractivity contribution in [2.24, 2.45) is 27.5 Å². The Balaban J connectivity index is 1.69.